The molecule has 0 aliphatic rings. The van der Waals surface area contributed by atoms with Crippen LogP contribution in [0.3, 0.4) is 0 Å². The molecule has 0 aliphatic carbocycles. The summed E-state index contributed by atoms with van der Waals surface area (Å²) in [6.07, 6.45) is -0.641. The molecule has 0 amide bonds. The van der Waals surface area contributed by atoms with Gasteiger partial charge in [0.05, 0.1) is 24.1 Å². The van der Waals surface area contributed by atoms with E-state index < -0.39 is 6.10 Å². The molecule has 0 heterocycles. The largest absolute Gasteiger partial charge is 0.397 e. The molecule has 15 heavy (non-hydrogen) atoms. The molecule has 1 unspecified atom stereocenters. The Kier molecular flexibility index (Phi) is 4.33. The third-order valence-corrected chi connectivity index (χ3v) is 1.90. The Morgan fingerprint density at radius 3 is 3.00 bits per heavy atom. The van der Waals surface area contributed by atoms with E-state index in [-0.39, 0.29) is 19.0 Å². The quantitative estimate of drug-likeness (QED) is 0.635. The Bertz CT molecular complexity index is 320. The highest BCUT2D eigenvalue weighted by atomic mass is 19.1. The molecule has 0 spiro atoms. The predicted molar refractivity (Wildman–Crippen MR) is 57.2 cm³/mol. The minimum Gasteiger partial charge on any atom is -0.397 e. The zero-order valence-corrected chi connectivity index (χ0v) is 8.53. The van der Waals surface area contributed by atoms with Gasteiger partial charge in [0.2, 0.25) is 0 Å². The number of halogens is 1. The second kappa shape index (κ2) is 5.53. The molecular formula is C10H15FN2O2. The second-order valence-electron chi connectivity index (χ2n) is 3.22. The zero-order chi connectivity index (χ0) is 11.3. The van der Waals surface area contributed by atoms with Crippen LogP contribution in [-0.2, 0) is 4.74 Å². The van der Waals surface area contributed by atoms with Crippen molar-refractivity contribution in [3.63, 3.8) is 0 Å². The number of aliphatic hydroxyl groups is 1. The normalized spacial score (nSPS) is 12.5. The van der Waals surface area contributed by atoms with Gasteiger partial charge in [0.15, 0.2) is 0 Å². The minimum atomic E-state index is -0.641. The van der Waals surface area contributed by atoms with E-state index in [9.17, 15) is 9.50 Å². The molecular weight excluding hydrogens is 199 g/mol. The van der Waals surface area contributed by atoms with Gasteiger partial charge in [0.1, 0.15) is 5.82 Å². The first-order valence-electron chi connectivity index (χ1n) is 4.59. The van der Waals surface area contributed by atoms with Crippen molar-refractivity contribution >= 4 is 11.4 Å². The van der Waals surface area contributed by atoms with Crippen molar-refractivity contribution in [2.24, 2.45) is 0 Å². The highest BCUT2D eigenvalue weighted by molar-refractivity contribution is 5.65. The molecule has 1 aromatic carbocycles. The van der Waals surface area contributed by atoms with Crippen LogP contribution in [0, 0.1) is 5.82 Å². The molecule has 5 heteroatoms. The van der Waals surface area contributed by atoms with Crippen molar-refractivity contribution in [1.29, 1.82) is 0 Å². The molecule has 0 radical (unpaired) electrons. The van der Waals surface area contributed by atoms with Gasteiger partial charge >= 0.3 is 0 Å². The van der Waals surface area contributed by atoms with Gasteiger partial charge in [-0.2, -0.15) is 0 Å². The number of rotatable bonds is 5. The third-order valence-electron chi connectivity index (χ3n) is 1.90. The molecule has 1 aromatic rings. The van der Waals surface area contributed by atoms with E-state index in [1.54, 1.807) is 0 Å². The number of hydrogen-bond donors (Lipinski definition) is 3. The first-order chi connectivity index (χ1) is 7.13. The maximum Gasteiger partial charge on any atom is 0.125 e. The summed E-state index contributed by atoms with van der Waals surface area (Å²) in [5.74, 6) is -0.368. The number of ether oxygens (including phenoxy) is 1. The van der Waals surface area contributed by atoms with Gasteiger partial charge in [-0.15, -0.1) is 0 Å². The Hall–Kier alpha value is -1.33. The van der Waals surface area contributed by atoms with Gasteiger partial charge in [-0.25, -0.2) is 4.39 Å². The molecule has 1 atom stereocenters. The van der Waals surface area contributed by atoms with Crippen molar-refractivity contribution < 1.29 is 14.2 Å². The van der Waals surface area contributed by atoms with Crippen LogP contribution in [0.2, 0.25) is 0 Å². The molecule has 0 fully saturated rings. The van der Waals surface area contributed by atoms with Gasteiger partial charge in [-0.05, 0) is 18.2 Å². The topological polar surface area (TPSA) is 67.5 Å². The summed E-state index contributed by atoms with van der Waals surface area (Å²) in [5.41, 5.74) is 6.53. The summed E-state index contributed by atoms with van der Waals surface area (Å²) >= 11 is 0. The lowest BCUT2D eigenvalue weighted by molar-refractivity contribution is 0.0727. The van der Waals surface area contributed by atoms with Crippen LogP contribution in [0.25, 0.3) is 0 Å². The fourth-order valence-electron chi connectivity index (χ4n) is 1.16. The van der Waals surface area contributed by atoms with E-state index in [4.69, 9.17) is 10.5 Å². The molecule has 0 aliphatic heterocycles. The maximum absolute atomic E-state index is 12.8. The lowest BCUT2D eigenvalue weighted by Crippen LogP contribution is -2.24. The average Bonchev–Trinajstić information content (AvgIpc) is 2.20. The molecule has 0 saturated heterocycles. The first kappa shape index (κ1) is 11.7. The summed E-state index contributed by atoms with van der Waals surface area (Å²) in [6, 6.07) is 4.04. The predicted octanol–water partition coefficient (Wildman–Crippen LogP) is 0.827. The molecule has 4 nitrogen and oxygen atoms in total. The fraction of sp³-hybridized carbons (Fsp3) is 0.400. The van der Waals surface area contributed by atoms with Gasteiger partial charge in [-0.3, -0.25) is 0 Å². The Labute approximate surface area is 87.9 Å². The summed E-state index contributed by atoms with van der Waals surface area (Å²) in [5, 5.41) is 12.2. The van der Waals surface area contributed by atoms with Crippen LogP contribution in [0.5, 0.6) is 0 Å². The molecule has 1 rings (SSSR count). The Balaban J connectivity index is 2.53. The van der Waals surface area contributed by atoms with Crippen LogP contribution in [0.1, 0.15) is 0 Å². The molecule has 0 bridgehead atoms. The summed E-state index contributed by atoms with van der Waals surface area (Å²) < 4.78 is 17.6. The average molecular weight is 214 g/mol. The number of benzene rings is 1. The highest BCUT2D eigenvalue weighted by Crippen LogP contribution is 2.18. The second-order valence-corrected chi connectivity index (χ2v) is 3.22. The number of anilines is 2. The molecule has 0 saturated carbocycles. The van der Waals surface area contributed by atoms with Crippen LogP contribution < -0.4 is 11.1 Å². The number of nitrogen functional groups attached to an aromatic ring is 1. The molecule has 0 aromatic heterocycles. The Morgan fingerprint density at radius 2 is 2.33 bits per heavy atom. The molecule has 4 N–H and O–H groups in total. The Morgan fingerprint density at radius 1 is 1.60 bits per heavy atom. The van der Waals surface area contributed by atoms with Crippen molar-refractivity contribution in [1.82, 2.24) is 0 Å². The van der Waals surface area contributed by atoms with Crippen LogP contribution >= 0.6 is 0 Å². The highest BCUT2D eigenvalue weighted by Gasteiger charge is 2.05. The summed E-state index contributed by atoms with van der Waals surface area (Å²) in [4.78, 5) is 0. The number of hydrogen-bond acceptors (Lipinski definition) is 4. The number of nitrogens with one attached hydrogen (secondary N) is 1. The van der Waals surface area contributed by atoms with Gasteiger partial charge in [0.25, 0.3) is 0 Å². The van der Waals surface area contributed by atoms with E-state index in [1.165, 1.54) is 25.3 Å². The van der Waals surface area contributed by atoms with E-state index >= 15 is 0 Å². The van der Waals surface area contributed by atoms with Crippen LogP contribution in [0.15, 0.2) is 18.2 Å². The smallest absolute Gasteiger partial charge is 0.125 e. The number of nitrogens with two attached hydrogens (primary N) is 1. The standard InChI is InChI=1S/C10H15FN2O2/c1-15-6-8(14)5-13-10-4-7(11)2-3-9(10)12/h2-4,8,13-14H,5-6,12H2,1H3. The summed E-state index contributed by atoms with van der Waals surface area (Å²) in [7, 11) is 1.50. The minimum absolute atomic E-state index is 0.224. The van der Waals surface area contributed by atoms with Crippen molar-refractivity contribution in [3.05, 3.63) is 24.0 Å². The van der Waals surface area contributed by atoms with Crippen LogP contribution in [0.4, 0.5) is 15.8 Å². The number of aliphatic hydroxyl groups excluding tert-OH is 1. The van der Waals surface area contributed by atoms with Crippen molar-refractivity contribution in [2.45, 2.75) is 6.10 Å². The fourth-order valence-corrected chi connectivity index (χ4v) is 1.16. The van der Waals surface area contributed by atoms with Crippen molar-refractivity contribution in [2.75, 3.05) is 31.3 Å². The van der Waals surface area contributed by atoms with Gasteiger partial charge < -0.3 is 20.9 Å². The maximum atomic E-state index is 12.8. The van der Waals surface area contributed by atoms with E-state index in [1.807, 2.05) is 0 Å². The number of methoxy groups -OCH3 is 1. The van der Waals surface area contributed by atoms with Crippen LogP contribution in [-0.4, -0.2) is 31.5 Å². The monoisotopic (exact) mass is 214 g/mol. The lowest BCUT2D eigenvalue weighted by Gasteiger charge is -2.13. The third kappa shape index (κ3) is 3.73. The summed E-state index contributed by atoms with van der Waals surface area (Å²) in [6.45, 7) is 0.490. The lowest BCUT2D eigenvalue weighted by atomic mass is 10.2. The van der Waals surface area contributed by atoms with E-state index in [0.29, 0.717) is 11.4 Å². The van der Waals surface area contributed by atoms with Gasteiger partial charge in [0, 0.05) is 13.7 Å². The first-order valence-corrected chi connectivity index (χ1v) is 4.59. The van der Waals surface area contributed by atoms with E-state index in [0.717, 1.165) is 0 Å². The molecule has 84 valence electrons. The zero-order valence-electron chi connectivity index (χ0n) is 8.53. The SMILES string of the molecule is COCC(O)CNc1cc(F)ccc1N. The van der Waals surface area contributed by atoms with Gasteiger partial charge in [-0.1, -0.05) is 0 Å². The van der Waals surface area contributed by atoms with E-state index in [2.05, 4.69) is 5.32 Å². The van der Waals surface area contributed by atoms with Crippen molar-refractivity contribution in [3.8, 4) is 0 Å².